The van der Waals surface area contributed by atoms with Crippen molar-refractivity contribution in [2.75, 3.05) is 24.7 Å². The van der Waals surface area contributed by atoms with Gasteiger partial charge in [-0.2, -0.15) is 8.42 Å². The number of nitrogens with one attached hydrogen (secondary N) is 2. The molecule has 3 aromatic rings. The summed E-state index contributed by atoms with van der Waals surface area (Å²) in [6.45, 7) is 0. The maximum absolute atomic E-state index is 10.3. The molecule has 0 radical (unpaired) electrons. The SMILES string of the molecule is CNc1ccc(O)cc1.CNc1ccc(O)cc1.O=C(O)c1cc(O)c(O)c(O)c1.O=S(=O)(O)O. The summed E-state index contributed by atoms with van der Waals surface area (Å²) in [5.74, 6) is -2.73. The number of carbonyl (C=O) groups is 1. The topological polar surface area (TPSA) is 237 Å². The Bertz CT molecular complexity index is 1090. The number of carboxylic acids is 1. The largest absolute Gasteiger partial charge is 0.508 e. The van der Waals surface area contributed by atoms with E-state index < -0.39 is 33.6 Å². The molecule has 13 nitrogen and oxygen atoms in total. The highest BCUT2D eigenvalue weighted by molar-refractivity contribution is 7.79. The number of aromatic hydroxyl groups is 5. The van der Waals surface area contributed by atoms with Crippen LogP contribution in [0, 0.1) is 0 Å². The van der Waals surface area contributed by atoms with Crippen molar-refractivity contribution in [1.82, 2.24) is 0 Å². The van der Waals surface area contributed by atoms with E-state index in [1.54, 1.807) is 24.3 Å². The molecule has 35 heavy (non-hydrogen) atoms. The summed E-state index contributed by atoms with van der Waals surface area (Å²) in [5.41, 5.74) is 1.73. The van der Waals surface area contributed by atoms with Crippen molar-refractivity contribution in [3.63, 3.8) is 0 Å². The lowest BCUT2D eigenvalue weighted by atomic mass is 10.2. The van der Waals surface area contributed by atoms with Crippen LogP contribution in [0.15, 0.2) is 60.7 Å². The van der Waals surface area contributed by atoms with E-state index in [0.717, 1.165) is 23.5 Å². The van der Waals surface area contributed by atoms with Crippen LogP contribution in [0.5, 0.6) is 28.7 Å². The van der Waals surface area contributed by atoms with Crippen LogP contribution in [-0.2, 0) is 10.4 Å². The number of hydrogen-bond donors (Lipinski definition) is 10. The molecule has 0 amide bonds. The summed E-state index contributed by atoms with van der Waals surface area (Å²) in [5, 5.41) is 58.5. The maximum atomic E-state index is 10.3. The van der Waals surface area contributed by atoms with E-state index in [2.05, 4.69) is 10.6 Å². The third-order valence-electron chi connectivity index (χ3n) is 3.63. The standard InChI is InChI=1S/2C7H9NO.C7H6O5.H2O4S/c2*1-8-6-2-4-7(9)5-3-6;8-4-1-3(7(11)12)2-5(9)6(4)10;1-5(2,3)4/h2*2-5,8-9H,1H3;1-2,8-10H,(H,11,12);(H2,1,2,3,4). The molecule has 3 aromatic carbocycles. The van der Waals surface area contributed by atoms with Crippen LogP contribution in [-0.4, -0.2) is 68.2 Å². The summed E-state index contributed by atoms with van der Waals surface area (Å²) >= 11 is 0. The van der Waals surface area contributed by atoms with Crippen molar-refractivity contribution < 1.29 is 53.0 Å². The van der Waals surface area contributed by atoms with E-state index in [-0.39, 0.29) is 5.56 Å². The average Bonchev–Trinajstić information content (AvgIpc) is 2.78. The van der Waals surface area contributed by atoms with Crippen LogP contribution in [0.4, 0.5) is 11.4 Å². The van der Waals surface area contributed by atoms with Gasteiger partial charge in [0.2, 0.25) is 0 Å². The van der Waals surface area contributed by atoms with Gasteiger partial charge in [-0.25, -0.2) is 4.79 Å². The first-order valence-corrected chi connectivity index (χ1v) is 10.7. The van der Waals surface area contributed by atoms with Gasteiger partial charge in [0.25, 0.3) is 0 Å². The second-order valence-electron chi connectivity index (χ2n) is 6.21. The first-order chi connectivity index (χ1) is 16.2. The number of rotatable bonds is 3. The Labute approximate surface area is 200 Å². The Morgan fingerprint density at radius 2 is 0.971 bits per heavy atom. The van der Waals surface area contributed by atoms with E-state index in [4.69, 9.17) is 48.2 Å². The molecule has 3 rings (SSSR count). The van der Waals surface area contributed by atoms with E-state index >= 15 is 0 Å². The fourth-order valence-electron chi connectivity index (χ4n) is 1.98. The second kappa shape index (κ2) is 14.7. The molecule has 0 aliphatic carbocycles. The minimum absolute atomic E-state index is 0.289. The first kappa shape index (κ1) is 30.6. The molecule has 0 unspecified atom stereocenters. The monoisotopic (exact) mass is 514 g/mol. The molecule has 0 fully saturated rings. The van der Waals surface area contributed by atoms with Crippen molar-refractivity contribution in [3.8, 4) is 28.7 Å². The van der Waals surface area contributed by atoms with Gasteiger partial charge in [-0.3, -0.25) is 9.11 Å². The van der Waals surface area contributed by atoms with Crippen molar-refractivity contribution in [1.29, 1.82) is 0 Å². The molecule has 0 saturated carbocycles. The molecule has 0 aromatic heterocycles. The summed E-state index contributed by atoms with van der Waals surface area (Å²) in [7, 11) is -0.987. The van der Waals surface area contributed by atoms with Gasteiger partial charge in [0.1, 0.15) is 11.5 Å². The molecule has 0 bridgehead atoms. The van der Waals surface area contributed by atoms with Crippen LogP contribution >= 0.6 is 0 Å². The Morgan fingerprint density at radius 1 is 0.686 bits per heavy atom. The van der Waals surface area contributed by atoms with Crippen LogP contribution in [0.25, 0.3) is 0 Å². The Kier molecular flexibility index (Phi) is 12.8. The summed E-state index contributed by atoms with van der Waals surface area (Å²) in [6.07, 6.45) is 0. The van der Waals surface area contributed by atoms with Crippen LogP contribution in [0.3, 0.4) is 0 Å². The minimum atomic E-state index is -4.67. The first-order valence-electron chi connectivity index (χ1n) is 9.29. The highest BCUT2D eigenvalue weighted by Gasteiger charge is 2.11. The maximum Gasteiger partial charge on any atom is 0.394 e. The van der Waals surface area contributed by atoms with E-state index in [9.17, 15) is 4.79 Å². The third-order valence-corrected chi connectivity index (χ3v) is 3.63. The van der Waals surface area contributed by atoms with E-state index in [1.807, 2.05) is 38.4 Å². The number of phenolic OH excluding ortho intramolecular Hbond substituents is 5. The lowest BCUT2D eigenvalue weighted by molar-refractivity contribution is 0.0695. The number of carboxylic acid groups (broad SMARTS) is 1. The summed E-state index contributed by atoms with van der Waals surface area (Å²) in [4.78, 5) is 10.3. The lowest BCUT2D eigenvalue weighted by Gasteiger charge is -2.01. The fraction of sp³-hybridized carbons (Fsp3) is 0.0952. The Morgan fingerprint density at radius 3 is 1.20 bits per heavy atom. The second-order valence-corrected chi connectivity index (χ2v) is 7.11. The predicted octanol–water partition coefficient (Wildman–Crippen LogP) is 2.72. The highest BCUT2D eigenvalue weighted by atomic mass is 32.3. The van der Waals surface area contributed by atoms with E-state index in [1.165, 1.54) is 0 Å². The van der Waals surface area contributed by atoms with E-state index in [0.29, 0.717) is 11.5 Å². The van der Waals surface area contributed by atoms with Crippen molar-refractivity contribution in [2.24, 2.45) is 0 Å². The number of benzene rings is 3. The molecule has 192 valence electrons. The summed E-state index contributed by atoms with van der Waals surface area (Å²) in [6, 6.07) is 15.5. The predicted molar refractivity (Wildman–Crippen MR) is 128 cm³/mol. The van der Waals surface area contributed by atoms with Gasteiger partial charge in [0, 0.05) is 25.5 Å². The van der Waals surface area contributed by atoms with Crippen LogP contribution in [0.1, 0.15) is 10.4 Å². The average molecular weight is 515 g/mol. The molecule has 0 atom stereocenters. The fourth-order valence-corrected chi connectivity index (χ4v) is 1.98. The van der Waals surface area contributed by atoms with Gasteiger partial charge in [0.05, 0.1) is 5.56 Å². The van der Waals surface area contributed by atoms with Gasteiger partial charge >= 0.3 is 16.4 Å². The minimum Gasteiger partial charge on any atom is -0.508 e. The smallest absolute Gasteiger partial charge is 0.394 e. The zero-order valence-electron chi connectivity index (χ0n) is 18.5. The third kappa shape index (κ3) is 14.4. The van der Waals surface area contributed by atoms with Crippen molar-refractivity contribution in [2.45, 2.75) is 0 Å². The molecule has 14 heteroatoms. The molecule has 0 aliphatic rings. The van der Waals surface area contributed by atoms with Crippen molar-refractivity contribution >= 4 is 27.7 Å². The molecule has 0 aliphatic heterocycles. The number of hydrogen-bond acceptors (Lipinski definition) is 10. The van der Waals surface area contributed by atoms with Gasteiger partial charge in [0.15, 0.2) is 17.2 Å². The van der Waals surface area contributed by atoms with Gasteiger partial charge in [-0.15, -0.1) is 0 Å². The zero-order valence-corrected chi connectivity index (χ0v) is 19.3. The quantitative estimate of drug-likeness (QED) is 0.138. The van der Waals surface area contributed by atoms with Crippen LogP contribution < -0.4 is 10.6 Å². The molecular weight excluding hydrogens is 488 g/mol. The number of anilines is 2. The number of aromatic carboxylic acids is 1. The lowest BCUT2D eigenvalue weighted by Crippen LogP contribution is -1.95. The molecule has 0 heterocycles. The van der Waals surface area contributed by atoms with Gasteiger partial charge < -0.3 is 41.3 Å². The van der Waals surface area contributed by atoms with Crippen LogP contribution in [0.2, 0.25) is 0 Å². The highest BCUT2D eigenvalue weighted by Crippen LogP contribution is 2.35. The Balaban J connectivity index is 0.000000458. The van der Waals surface area contributed by atoms with Gasteiger partial charge in [-0.1, -0.05) is 0 Å². The molecule has 10 N–H and O–H groups in total. The molecule has 0 saturated heterocycles. The molecule has 0 spiro atoms. The normalized spacial score (nSPS) is 9.60. The number of phenols is 5. The Hall–Kier alpha value is -4.40. The zero-order chi connectivity index (χ0) is 27.2. The molecular formula is C21H26N2O11S. The van der Waals surface area contributed by atoms with Gasteiger partial charge in [-0.05, 0) is 60.7 Å². The summed E-state index contributed by atoms with van der Waals surface area (Å²) < 4.78 is 31.6. The van der Waals surface area contributed by atoms with Crippen molar-refractivity contribution in [3.05, 3.63) is 66.2 Å².